The van der Waals surface area contributed by atoms with E-state index in [2.05, 4.69) is 26.2 Å². The lowest BCUT2D eigenvalue weighted by Crippen LogP contribution is -2.53. The summed E-state index contributed by atoms with van der Waals surface area (Å²) in [6.07, 6.45) is 0. The lowest BCUT2D eigenvalue weighted by molar-refractivity contribution is 0.0286. The number of carbonyl (C=O) groups is 1. The fourth-order valence-corrected chi connectivity index (χ4v) is 4.14. The first-order chi connectivity index (χ1) is 14.2. The number of hydrogen-bond donors (Lipinski definition) is 1. The summed E-state index contributed by atoms with van der Waals surface area (Å²) in [6, 6.07) is 11.4. The summed E-state index contributed by atoms with van der Waals surface area (Å²) in [4.78, 5) is 16.1. The molecule has 29 heavy (non-hydrogen) atoms. The Morgan fingerprint density at radius 2 is 1.83 bits per heavy atom. The van der Waals surface area contributed by atoms with Crippen molar-refractivity contribution in [2.45, 2.75) is 0 Å². The highest BCUT2D eigenvalue weighted by molar-refractivity contribution is 5.95. The topological polar surface area (TPSA) is 97.7 Å². The summed E-state index contributed by atoms with van der Waals surface area (Å²) in [6.45, 7) is 6.78. The molecule has 0 unspecified atom stereocenters. The van der Waals surface area contributed by atoms with Crippen LogP contribution < -0.4 is 10.6 Å². The van der Waals surface area contributed by atoms with Gasteiger partial charge in [-0.3, -0.25) is 9.69 Å². The summed E-state index contributed by atoms with van der Waals surface area (Å²) >= 11 is 0. The van der Waals surface area contributed by atoms with Crippen molar-refractivity contribution >= 4 is 22.6 Å². The highest BCUT2D eigenvalue weighted by atomic mass is 16.6. The Bertz CT molecular complexity index is 1020. The van der Waals surface area contributed by atoms with Crippen LogP contribution in [0.2, 0.25) is 0 Å². The van der Waals surface area contributed by atoms with Gasteiger partial charge in [0, 0.05) is 44.2 Å². The van der Waals surface area contributed by atoms with Gasteiger partial charge in [0.25, 0.3) is 0 Å². The molecule has 8 heteroatoms. The molecule has 0 aliphatic carbocycles. The Labute approximate surface area is 168 Å². The number of nitrogens with two attached hydrogens (primary N) is 1. The lowest BCUT2D eigenvalue weighted by Gasteiger charge is -2.43. The normalized spacial score (nSPS) is 18.1. The Morgan fingerprint density at radius 3 is 2.55 bits per heavy atom. The van der Waals surface area contributed by atoms with E-state index in [1.54, 1.807) is 12.1 Å². The maximum atomic E-state index is 11.3. The number of fused-ring (bicyclic) bond motifs is 1. The van der Waals surface area contributed by atoms with Crippen molar-refractivity contribution in [1.29, 1.82) is 0 Å². The number of hydrogen-bond acceptors (Lipinski definition) is 7. The number of aromatic nitrogens is 2. The maximum absolute atomic E-state index is 11.3. The van der Waals surface area contributed by atoms with Gasteiger partial charge >= 0.3 is 0 Å². The molecule has 0 spiro atoms. The predicted octanol–water partition coefficient (Wildman–Crippen LogP) is 1.76. The van der Waals surface area contributed by atoms with E-state index in [1.165, 1.54) is 0 Å². The molecule has 1 amide bonds. The van der Waals surface area contributed by atoms with Crippen LogP contribution in [0.1, 0.15) is 10.4 Å². The molecular formula is C21H23N5O3. The van der Waals surface area contributed by atoms with Crippen LogP contribution in [0.25, 0.3) is 22.2 Å². The number of amides is 1. The molecule has 2 aliphatic rings. The SMILES string of the molecule is NC(=O)c1ccc(-c2cc(N3CC(CN4CCOCC4)C3)c3nonc3c2)cc1. The first kappa shape index (κ1) is 18.1. The van der Waals surface area contributed by atoms with E-state index >= 15 is 0 Å². The lowest BCUT2D eigenvalue weighted by atomic mass is 9.96. The van der Waals surface area contributed by atoms with E-state index in [9.17, 15) is 4.79 Å². The minimum atomic E-state index is -0.430. The molecule has 2 aromatic carbocycles. The number of morpholine rings is 1. The number of anilines is 1. The van der Waals surface area contributed by atoms with Gasteiger partial charge in [-0.25, -0.2) is 4.63 Å². The fourth-order valence-electron chi connectivity index (χ4n) is 4.14. The first-order valence-corrected chi connectivity index (χ1v) is 9.89. The second-order valence-electron chi connectivity index (χ2n) is 7.75. The monoisotopic (exact) mass is 393 g/mol. The largest absolute Gasteiger partial charge is 0.379 e. The molecule has 2 N–H and O–H groups in total. The minimum Gasteiger partial charge on any atom is -0.379 e. The summed E-state index contributed by atoms with van der Waals surface area (Å²) in [5.41, 5.74) is 10.4. The number of ether oxygens (including phenoxy) is 1. The van der Waals surface area contributed by atoms with E-state index in [4.69, 9.17) is 15.1 Å². The molecule has 150 valence electrons. The van der Waals surface area contributed by atoms with Gasteiger partial charge in [0.15, 0.2) is 5.52 Å². The van der Waals surface area contributed by atoms with Gasteiger partial charge < -0.3 is 15.4 Å². The third kappa shape index (κ3) is 3.56. The molecule has 0 saturated carbocycles. The number of rotatable bonds is 5. The van der Waals surface area contributed by atoms with Crippen LogP contribution >= 0.6 is 0 Å². The standard InChI is InChI=1S/C21H23N5O3/c22-21(27)16-3-1-15(2-4-16)17-9-18-20(24-29-23-18)19(10-17)26-12-14(13-26)11-25-5-7-28-8-6-25/h1-4,9-10,14H,5-8,11-13H2,(H2,22,27). The molecule has 5 rings (SSSR count). The van der Waals surface area contributed by atoms with Gasteiger partial charge in [-0.1, -0.05) is 12.1 Å². The van der Waals surface area contributed by atoms with Crippen molar-refractivity contribution in [3.8, 4) is 11.1 Å². The third-order valence-electron chi connectivity index (χ3n) is 5.76. The van der Waals surface area contributed by atoms with Gasteiger partial charge in [-0.05, 0) is 45.7 Å². The van der Waals surface area contributed by atoms with E-state index in [0.717, 1.165) is 73.8 Å². The van der Waals surface area contributed by atoms with Crippen molar-refractivity contribution in [3.63, 3.8) is 0 Å². The second-order valence-corrected chi connectivity index (χ2v) is 7.75. The molecule has 2 fully saturated rings. The van der Waals surface area contributed by atoms with Crippen molar-refractivity contribution in [3.05, 3.63) is 42.0 Å². The van der Waals surface area contributed by atoms with Crippen molar-refractivity contribution in [2.24, 2.45) is 11.7 Å². The average molecular weight is 393 g/mol. The van der Waals surface area contributed by atoms with Gasteiger partial charge in [0.05, 0.1) is 18.9 Å². The molecule has 3 heterocycles. The van der Waals surface area contributed by atoms with Crippen LogP contribution in [0, 0.1) is 5.92 Å². The molecule has 0 bridgehead atoms. The van der Waals surface area contributed by atoms with E-state index < -0.39 is 5.91 Å². The van der Waals surface area contributed by atoms with Crippen molar-refractivity contribution < 1.29 is 14.2 Å². The summed E-state index contributed by atoms with van der Waals surface area (Å²) in [7, 11) is 0. The fraction of sp³-hybridized carbons (Fsp3) is 0.381. The number of benzene rings is 2. The smallest absolute Gasteiger partial charge is 0.248 e. The van der Waals surface area contributed by atoms with Crippen molar-refractivity contribution in [1.82, 2.24) is 15.2 Å². The molecule has 0 radical (unpaired) electrons. The van der Waals surface area contributed by atoms with Crippen molar-refractivity contribution in [2.75, 3.05) is 50.8 Å². The van der Waals surface area contributed by atoms with Gasteiger partial charge in [-0.15, -0.1) is 0 Å². The minimum absolute atomic E-state index is 0.430. The number of nitrogens with zero attached hydrogens (tertiary/aromatic N) is 4. The molecular weight excluding hydrogens is 370 g/mol. The zero-order chi connectivity index (χ0) is 19.8. The van der Waals surface area contributed by atoms with Gasteiger partial charge in [-0.2, -0.15) is 0 Å². The quantitative estimate of drug-likeness (QED) is 0.705. The Hall–Kier alpha value is -2.97. The molecule has 1 aromatic heterocycles. The van der Waals surface area contributed by atoms with Crippen LogP contribution in [0.3, 0.4) is 0 Å². The van der Waals surface area contributed by atoms with Crippen LogP contribution in [-0.4, -0.2) is 67.1 Å². The van der Waals surface area contributed by atoms with E-state index in [1.807, 2.05) is 18.2 Å². The van der Waals surface area contributed by atoms with Crippen LogP contribution in [0.5, 0.6) is 0 Å². The molecule has 0 atom stereocenters. The zero-order valence-corrected chi connectivity index (χ0v) is 16.1. The highest BCUT2D eigenvalue weighted by Crippen LogP contribution is 2.35. The molecule has 8 nitrogen and oxygen atoms in total. The first-order valence-electron chi connectivity index (χ1n) is 9.89. The zero-order valence-electron chi connectivity index (χ0n) is 16.1. The Morgan fingerprint density at radius 1 is 1.07 bits per heavy atom. The number of primary amides is 1. The molecule has 2 aliphatic heterocycles. The van der Waals surface area contributed by atoms with Crippen LogP contribution in [-0.2, 0) is 4.74 Å². The van der Waals surface area contributed by atoms with Gasteiger partial charge in [0.1, 0.15) is 5.52 Å². The Balaban J connectivity index is 1.37. The van der Waals surface area contributed by atoms with Crippen LogP contribution in [0.4, 0.5) is 5.69 Å². The van der Waals surface area contributed by atoms with Gasteiger partial charge in [0.2, 0.25) is 5.91 Å². The second kappa shape index (κ2) is 7.46. The third-order valence-corrected chi connectivity index (χ3v) is 5.76. The van der Waals surface area contributed by atoms with Crippen LogP contribution in [0.15, 0.2) is 41.0 Å². The predicted molar refractivity (Wildman–Crippen MR) is 109 cm³/mol. The van der Waals surface area contributed by atoms with E-state index in [0.29, 0.717) is 11.5 Å². The summed E-state index contributed by atoms with van der Waals surface area (Å²) in [5.74, 6) is 0.210. The Kier molecular flexibility index (Phi) is 4.65. The average Bonchev–Trinajstić information content (AvgIpc) is 3.19. The molecule has 3 aromatic rings. The maximum Gasteiger partial charge on any atom is 0.248 e. The van der Waals surface area contributed by atoms with E-state index in [-0.39, 0.29) is 0 Å². The number of carbonyl (C=O) groups excluding carboxylic acids is 1. The highest BCUT2D eigenvalue weighted by Gasteiger charge is 2.31. The molecule has 2 saturated heterocycles. The summed E-state index contributed by atoms with van der Waals surface area (Å²) in [5, 5.41) is 8.17. The summed E-state index contributed by atoms with van der Waals surface area (Å²) < 4.78 is 10.4.